The number of halogens is 2. The summed E-state index contributed by atoms with van der Waals surface area (Å²) < 4.78 is 13.0. The van der Waals surface area contributed by atoms with Crippen molar-refractivity contribution in [2.75, 3.05) is 0 Å². The summed E-state index contributed by atoms with van der Waals surface area (Å²) >= 11 is 3.39. The summed E-state index contributed by atoms with van der Waals surface area (Å²) in [5.74, 6) is -0.430. The molecular formula is C16H15BrFNO. The van der Waals surface area contributed by atoms with E-state index < -0.39 is 0 Å². The molecule has 1 amide bonds. The Bertz CT molecular complexity index is 583. The highest BCUT2D eigenvalue weighted by atomic mass is 79.9. The van der Waals surface area contributed by atoms with E-state index in [4.69, 9.17) is 0 Å². The number of rotatable bonds is 5. The fourth-order valence-electron chi connectivity index (χ4n) is 1.84. The van der Waals surface area contributed by atoms with Gasteiger partial charge in [0.25, 0.3) is 0 Å². The lowest BCUT2D eigenvalue weighted by atomic mass is 10.1. The second-order valence-electron chi connectivity index (χ2n) is 4.53. The molecular weight excluding hydrogens is 321 g/mol. The minimum Gasteiger partial charge on any atom is -0.352 e. The van der Waals surface area contributed by atoms with E-state index in [1.54, 1.807) is 12.1 Å². The average Bonchev–Trinajstić information content (AvgIpc) is 2.46. The molecule has 2 aromatic carbocycles. The SMILES string of the molecule is O=C(Cc1cccc(F)c1)NCc1ccc(CBr)cc1. The van der Waals surface area contributed by atoms with Gasteiger partial charge in [0.05, 0.1) is 6.42 Å². The van der Waals surface area contributed by atoms with E-state index in [2.05, 4.69) is 21.2 Å². The van der Waals surface area contributed by atoms with Gasteiger partial charge in [-0.25, -0.2) is 4.39 Å². The van der Waals surface area contributed by atoms with Gasteiger partial charge < -0.3 is 5.32 Å². The van der Waals surface area contributed by atoms with E-state index in [-0.39, 0.29) is 18.1 Å². The molecule has 0 fully saturated rings. The lowest BCUT2D eigenvalue weighted by Crippen LogP contribution is -2.24. The van der Waals surface area contributed by atoms with Crippen molar-refractivity contribution in [2.24, 2.45) is 0 Å². The number of carbonyl (C=O) groups is 1. The van der Waals surface area contributed by atoms with Gasteiger partial charge in [0, 0.05) is 11.9 Å². The Morgan fingerprint density at radius 2 is 1.75 bits per heavy atom. The molecule has 0 saturated carbocycles. The topological polar surface area (TPSA) is 29.1 Å². The molecule has 0 heterocycles. The van der Waals surface area contributed by atoms with E-state index in [1.165, 1.54) is 17.7 Å². The number of nitrogens with one attached hydrogen (secondary N) is 1. The van der Waals surface area contributed by atoms with Crippen LogP contribution in [0.3, 0.4) is 0 Å². The van der Waals surface area contributed by atoms with Crippen LogP contribution < -0.4 is 5.32 Å². The minimum atomic E-state index is -0.319. The summed E-state index contributed by atoms with van der Waals surface area (Å²) in [4.78, 5) is 11.8. The first-order valence-electron chi connectivity index (χ1n) is 6.32. The molecule has 104 valence electrons. The van der Waals surface area contributed by atoms with Crippen LogP contribution in [0.5, 0.6) is 0 Å². The van der Waals surface area contributed by atoms with E-state index in [0.29, 0.717) is 12.1 Å². The van der Waals surface area contributed by atoms with Crippen LogP contribution in [-0.2, 0) is 23.1 Å². The lowest BCUT2D eigenvalue weighted by Gasteiger charge is -2.06. The molecule has 0 spiro atoms. The van der Waals surface area contributed by atoms with Gasteiger partial charge in [-0.2, -0.15) is 0 Å². The van der Waals surface area contributed by atoms with Crippen LogP contribution in [0.15, 0.2) is 48.5 Å². The van der Waals surface area contributed by atoms with Gasteiger partial charge in [0.1, 0.15) is 5.82 Å². The minimum absolute atomic E-state index is 0.111. The van der Waals surface area contributed by atoms with Crippen molar-refractivity contribution >= 4 is 21.8 Å². The number of amides is 1. The molecule has 0 atom stereocenters. The van der Waals surface area contributed by atoms with Crippen LogP contribution in [0.25, 0.3) is 0 Å². The average molecular weight is 336 g/mol. The monoisotopic (exact) mass is 335 g/mol. The van der Waals surface area contributed by atoms with Crippen molar-refractivity contribution < 1.29 is 9.18 Å². The fraction of sp³-hybridized carbons (Fsp3) is 0.188. The van der Waals surface area contributed by atoms with Gasteiger partial charge in [0.15, 0.2) is 0 Å². The van der Waals surface area contributed by atoms with Crippen LogP contribution in [0.1, 0.15) is 16.7 Å². The van der Waals surface area contributed by atoms with Crippen LogP contribution in [-0.4, -0.2) is 5.91 Å². The molecule has 4 heteroatoms. The molecule has 2 rings (SSSR count). The maximum Gasteiger partial charge on any atom is 0.224 e. The number of alkyl halides is 1. The zero-order valence-corrected chi connectivity index (χ0v) is 12.5. The predicted octanol–water partition coefficient (Wildman–Crippen LogP) is 3.58. The van der Waals surface area contributed by atoms with Gasteiger partial charge in [-0.3, -0.25) is 4.79 Å². The highest BCUT2D eigenvalue weighted by molar-refractivity contribution is 9.08. The number of hydrogen-bond donors (Lipinski definition) is 1. The Morgan fingerprint density at radius 3 is 2.40 bits per heavy atom. The summed E-state index contributed by atoms with van der Waals surface area (Å²) in [6, 6.07) is 14.1. The Kier molecular flexibility index (Phi) is 5.30. The zero-order chi connectivity index (χ0) is 14.4. The van der Waals surface area contributed by atoms with Gasteiger partial charge in [-0.15, -0.1) is 0 Å². The van der Waals surface area contributed by atoms with E-state index >= 15 is 0 Å². The Morgan fingerprint density at radius 1 is 1.05 bits per heavy atom. The van der Waals surface area contributed by atoms with Crippen molar-refractivity contribution in [2.45, 2.75) is 18.3 Å². The van der Waals surface area contributed by atoms with E-state index in [9.17, 15) is 9.18 Å². The summed E-state index contributed by atoms with van der Waals surface area (Å²) in [6.45, 7) is 0.483. The van der Waals surface area contributed by atoms with Crippen molar-refractivity contribution in [3.8, 4) is 0 Å². The first kappa shape index (κ1) is 14.7. The fourth-order valence-corrected chi connectivity index (χ4v) is 2.22. The van der Waals surface area contributed by atoms with Gasteiger partial charge in [0.2, 0.25) is 5.91 Å². The standard InChI is InChI=1S/C16H15BrFNO/c17-10-12-4-6-13(7-5-12)11-19-16(20)9-14-2-1-3-15(18)8-14/h1-8H,9-11H2,(H,19,20). The Labute approximate surface area is 126 Å². The summed E-state index contributed by atoms with van der Waals surface area (Å²) in [7, 11) is 0. The number of carbonyl (C=O) groups excluding carboxylic acids is 1. The first-order chi connectivity index (χ1) is 9.67. The Balaban J connectivity index is 1.85. The first-order valence-corrected chi connectivity index (χ1v) is 7.44. The van der Waals surface area contributed by atoms with Crippen molar-refractivity contribution in [3.63, 3.8) is 0 Å². The molecule has 2 aromatic rings. The molecule has 0 radical (unpaired) electrons. The molecule has 0 aliphatic carbocycles. The lowest BCUT2D eigenvalue weighted by molar-refractivity contribution is -0.120. The largest absolute Gasteiger partial charge is 0.352 e. The van der Waals surface area contributed by atoms with Crippen LogP contribution in [0.4, 0.5) is 4.39 Å². The van der Waals surface area contributed by atoms with E-state index in [1.807, 2.05) is 24.3 Å². The molecule has 20 heavy (non-hydrogen) atoms. The maximum absolute atomic E-state index is 13.0. The number of hydrogen-bond acceptors (Lipinski definition) is 1. The molecule has 0 saturated heterocycles. The quantitative estimate of drug-likeness (QED) is 0.831. The van der Waals surface area contributed by atoms with Crippen molar-refractivity contribution in [1.82, 2.24) is 5.32 Å². The van der Waals surface area contributed by atoms with Gasteiger partial charge in [-0.05, 0) is 28.8 Å². The molecule has 0 aliphatic rings. The third kappa shape index (κ3) is 4.46. The molecule has 2 nitrogen and oxygen atoms in total. The summed E-state index contributed by atoms with van der Waals surface area (Å²) in [5.41, 5.74) is 2.92. The normalized spacial score (nSPS) is 10.3. The van der Waals surface area contributed by atoms with Gasteiger partial charge in [-0.1, -0.05) is 52.3 Å². The smallest absolute Gasteiger partial charge is 0.224 e. The molecule has 1 N–H and O–H groups in total. The highest BCUT2D eigenvalue weighted by Gasteiger charge is 2.04. The van der Waals surface area contributed by atoms with Gasteiger partial charge >= 0.3 is 0 Å². The second kappa shape index (κ2) is 7.20. The predicted molar refractivity (Wildman–Crippen MR) is 81.0 cm³/mol. The number of benzene rings is 2. The molecule has 0 bridgehead atoms. The third-order valence-electron chi connectivity index (χ3n) is 2.92. The van der Waals surface area contributed by atoms with E-state index in [0.717, 1.165) is 10.9 Å². The zero-order valence-electron chi connectivity index (χ0n) is 10.9. The van der Waals surface area contributed by atoms with Crippen molar-refractivity contribution in [1.29, 1.82) is 0 Å². The maximum atomic E-state index is 13.0. The highest BCUT2D eigenvalue weighted by Crippen LogP contribution is 2.08. The molecule has 0 aromatic heterocycles. The van der Waals surface area contributed by atoms with Crippen LogP contribution in [0.2, 0.25) is 0 Å². The molecule has 0 aliphatic heterocycles. The molecule has 0 unspecified atom stereocenters. The Hall–Kier alpha value is -1.68. The third-order valence-corrected chi connectivity index (χ3v) is 3.57. The van der Waals surface area contributed by atoms with Crippen molar-refractivity contribution in [3.05, 3.63) is 71.0 Å². The second-order valence-corrected chi connectivity index (χ2v) is 5.09. The van der Waals surface area contributed by atoms with Crippen LogP contribution >= 0.6 is 15.9 Å². The summed E-state index contributed by atoms with van der Waals surface area (Å²) in [5, 5.41) is 3.65. The summed E-state index contributed by atoms with van der Waals surface area (Å²) in [6.07, 6.45) is 0.192. The van der Waals surface area contributed by atoms with Crippen LogP contribution in [0, 0.1) is 5.82 Å².